The Labute approximate surface area is 181 Å². The van der Waals surface area contributed by atoms with Crippen molar-refractivity contribution in [3.05, 3.63) is 71.6 Å². The van der Waals surface area contributed by atoms with Gasteiger partial charge in [0.25, 0.3) is 0 Å². The standard InChI is InChI=1S/C24H26N4O3/c1-18-3-8-20(9-4-18)24-25-22(31-26-24)17-27-13-15-28(16-14-27)23(29)12-7-19-5-10-21(30-2)11-6-19/h3-12H,13-17H2,1-2H3. The number of hydrogen-bond donors (Lipinski definition) is 0. The Hall–Kier alpha value is -3.45. The molecule has 31 heavy (non-hydrogen) atoms. The summed E-state index contributed by atoms with van der Waals surface area (Å²) < 4.78 is 10.6. The third-order valence-electron chi connectivity index (χ3n) is 5.35. The highest BCUT2D eigenvalue weighted by Gasteiger charge is 2.21. The molecule has 1 fully saturated rings. The fraction of sp³-hybridized carbons (Fsp3) is 0.292. The van der Waals surface area contributed by atoms with Crippen LogP contribution in [0.1, 0.15) is 17.0 Å². The number of amides is 1. The van der Waals surface area contributed by atoms with Crippen molar-refractivity contribution in [3.63, 3.8) is 0 Å². The van der Waals surface area contributed by atoms with Gasteiger partial charge in [0.2, 0.25) is 17.6 Å². The Morgan fingerprint density at radius 2 is 1.77 bits per heavy atom. The first-order valence-electron chi connectivity index (χ1n) is 10.3. The summed E-state index contributed by atoms with van der Waals surface area (Å²) in [5.41, 5.74) is 3.10. The maximum Gasteiger partial charge on any atom is 0.246 e. The van der Waals surface area contributed by atoms with Gasteiger partial charge in [-0.05, 0) is 30.7 Å². The highest BCUT2D eigenvalue weighted by atomic mass is 16.5. The number of nitrogens with zero attached hydrogens (tertiary/aromatic N) is 4. The summed E-state index contributed by atoms with van der Waals surface area (Å²) in [6.45, 7) is 5.51. The van der Waals surface area contributed by atoms with Crippen molar-refractivity contribution in [2.24, 2.45) is 0 Å². The van der Waals surface area contributed by atoms with E-state index in [1.165, 1.54) is 5.56 Å². The summed E-state index contributed by atoms with van der Waals surface area (Å²) in [7, 11) is 1.63. The van der Waals surface area contributed by atoms with E-state index in [2.05, 4.69) is 15.0 Å². The number of ether oxygens (including phenoxy) is 1. The van der Waals surface area contributed by atoms with Crippen molar-refractivity contribution < 1.29 is 14.1 Å². The second-order valence-electron chi connectivity index (χ2n) is 7.59. The molecule has 160 valence electrons. The molecule has 0 bridgehead atoms. The largest absolute Gasteiger partial charge is 0.497 e. The van der Waals surface area contributed by atoms with E-state index in [1.54, 1.807) is 13.2 Å². The maximum absolute atomic E-state index is 12.5. The molecule has 2 aromatic carbocycles. The predicted octanol–water partition coefficient (Wildman–Crippen LogP) is 3.41. The van der Waals surface area contributed by atoms with Crippen molar-refractivity contribution in [2.75, 3.05) is 33.3 Å². The van der Waals surface area contributed by atoms with Crippen LogP contribution in [0.15, 0.2) is 59.1 Å². The maximum atomic E-state index is 12.5. The second kappa shape index (κ2) is 9.57. The van der Waals surface area contributed by atoms with Crippen molar-refractivity contribution >= 4 is 12.0 Å². The van der Waals surface area contributed by atoms with Crippen LogP contribution < -0.4 is 4.74 Å². The zero-order chi connectivity index (χ0) is 21.6. The monoisotopic (exact) mass is 418 g/mol. The highest BCUT2D eigenvalue weighted by molar-refractivity contribution is 5.91. The molecule has 0 atom stereocenters. The van der Waals surface area contributed by atoms with Gasteiger partial charge in [-0.25, -0.2) is 0 Å². The van der Waals surface area contributed by atoms with Gasteiger partial charge in [0.15, 0.2) is 0 Å². The van der Waals surface area contributed by atoms with Crippen LogP contribution in [0.3, 0.4) is 0 Å². The Balaban J connectivity index is 1.27. The second-order valence-corrected chi connectivity index (χ2v) is 7.59. The minimum Gasteiger partial charge on any atom is -0.497 e. The van der Waals surface area contributed by atoms with E-state index in [0.717, 1.165) is 30.0 Å². The van der Waals surface area contributed by atoms with Crippen LogP contribution in [-0.4, -0.2) is 59.1 Å². The lowest BCUT2D eigenvalue weighted by Crippen LogP contribution is -2.47. The SMILES string of the molecule is COc1ccc(C=CC(=O)N2CCN(Cc3nc(-c4ccc(C)cc4)no3)CC2)cc1. The van der Waals surface area contributed by atoms with Crippen molar-refractivity contribution in [2.45, 2.75) is 13.5 Å². The lowest BCUT2D eigenvalue weighted by Gasteiger charge is -2.33. The van der Waals surface area contributed by atoms with Gasteiger partial charge in [-0.3, -0.25) is 9.69 Å². The van der Waals surface area contributed by atoms with E-state index in [-0.39, 0.29) is 5.91 Å². The molecule has 0 N–H and O–H groups in total. The van der Waals surface area contributed by atoms with Gasteiger partial charge in [0.1, 0.15) is 5.75 Å². The first-order valence-corrected chi connectivity index (χ1v) is 10.3. The molecule has 0 aliphatic carbocycles. The number of rotatable bonds is 6. The minimum absolute atomic E-state index is 0.0231. The van der Waals surface area contributed by atoms with Crippen molar-refractivity contribution in [1.29, 1.82) is 0 Å². The molecule has 7 heteroatoms. The summed E-state index contributed by atoms with van der Waals surface area (Å²) in [5, 5.41) is 4.09. The van der Waals surface area contributed by atoms with Crippen molar-refractivity contribution in [1.82, 2.24) is 19.9 Å². The number of carbonyl (C=O) groups is 1. The first kappa shape index (κ1) is 20.8. The third kappa shape index (κ3) is 5.38. The Morgan fingerprint density at radius 3 is 2.45 bits per heavy atom. The van der Waals surface area contributed by atoms with Gasteiger partial charge in [-0.15, -0.1) is 0 Å². The Morgan fingerprint density at radius 1 is 1.06 bits per heavy atom. The van der Waals surface area contributed by atoms with Crippen LogP contribution in [0, 0.1) is 6.92 Å². The highest BCUT2D eigenvalue weighted by Crippen LogP contribution is 2.17. The molecular formula is C24H26N4O3. The van der Waals surface area contributed by atoms with Gasteiger partial charge in [0, 0.05) is 37.8 Å². The lowest BCUT2D eigenvalue weighted by atomic mass is 10.1. The molecule has 1 saturated heterocycles. The molecule has 1 aliphatic rings. The molecular weight excluding hydrogens is 392 g/mol. The van der Waals surface area contributed by atoms with E-state index in [0.29, 0.717) is 31.3 Å². The zero-order valence-corrected chi connectivity index (χ0v) is 17.8. The molecule has 0 radical (unpaired) electrons. The van der Waals surface area contributed by atoms with Gasteiger partial charge >= 0.3 is 0 Å². The van der Waals surface area contributed by atoms with Crippen LogP contribution in [0.4, 0.5) is 0 Å². The van der Waals surface area contributed by atoms with Gasteiger partial charge < -0.3 is 14.2 Å². The number of aromatic nitrogens is 2. The normalized spacial score (nSPS) is 14.8. The van der Waals surface area contributed by atoms with Crippen LogP contribution >= 0.6 is 0 Å². The van der Waals surface area contributed by atoms with Crippen LogP contribution in [0.5, 0.6) is 5.75 Å². The predicted molar refractivity (Wildman–Crippen MR) is 118 cm³/mol. The van der Waals surface area contributed by atoms with E-state index in [1.807, 2.05) is 66.4 Å². The number of carbonyl (C=O) groups excluding carboxylic acids is 1. The first-order chi connectivity index (χ1) is 15.1. The molecule has 2 heterocycles. The van der Waals surface area contributed by atoms with Crippen LogP contribution in [0.25, 0.3) is 17.5 Å². The van der Waals surface area contributed by atoms with E-state index in [4.69, 9.17) is 9.26 Å². The Kier molecular flexibility index (Phi) is 6.43. The molecule has 0 saturated carbocycles. The number of methoxy groups -OCH3 is 1. The van der Waals surface area contributed by atoms with E-state index < -0.39 is 0 Å². The molecule has 1 aliphatic heterocycles. The molecule has 4 rings (SSSR count). The minimum atomic E-state index is 0.0231. The lowest BCUT2D eigenvalue weighted by molar-refractivity contribution is -0.127. The van der Waals surface area contributed by atoms with E-state index >= 15 is 0 Å². The summed E-state index contributed by atoms with van der Waals surface area (Å²) in [4.78, 5) is 21.1. The smallest absolute Gasteiger partial charge is 0.246 e. The number of aryl methyl sites for hydroxylation is 1. The molecule has 3 aromatic rings. The zero-order valence-electron chi connectivity index (χ0n) is 17.8. The fourth-order valence-corrected chi connectivity index (χ4v) is 3.44. The molecule has 7 nitrogen and oxygen atoms in total. The summed E-state index contributed by atoms with van der Waals surface area (Å²) >= 11 is 0. The van der Waals surface area contributed by atoms with Gasteiger partial charge in [-0.2, -0.15) is 4.98 Å². The third-order valence-corrected chi connectivity index (χ3v) is 5.35. The topological polar surface area (TPSA) is 71.7 Å². The average molecular weight is 418 g/mol. The number of piperazine rings is 1. The average Bonchev–Trinajstić information content (AvgIpc) is 3.27. The van der Waals surface area contributed by atoms with Crippen LogP contribution in [0.2, 0.25) is 0 Å². The summed E-state index contributed by atoms with van der Waals surface area (Å²) in [6, 6.07) is 15.7. The van der Waals surface area contributed by atoms with E-state index in [9.17, 15) is 4.79 Å². The van der Waals surface area contributed by atoms with Gasteiger partial charge in [0.05, 0.1) is 13.7 Å². The fourth-order valence-electron chi connectivity index (χ4n) is 3.44. The molecule has 0 spiro atoms. The quantitative estimate of drug-likeness (QED) is 0.572. The van der Waals surface area contributed by atoms with Crippen molar-refractivity contribution in [3.8, 4) is 17.1 Å². The van der Waals surface area contributed by atoms with Crippen LogP contribution in [-0.2, 0) is 11.3 Å². The molecule has 0 unspecified atom stereocenters. The summed E-state index contributed by atoms with van der Waals surface area (Å²) in [5.74, 6) is 2.02. The number of benzene rings is 2. The summed E-state index contributed by atoms with van der Waals surface area (Å²) in [6.07, 6.45) is 3.46. The Bertz CT molecular complexity index is 1030. The van der Waals surface area contributed by atoms with Gasteiger partial charge in [-0.1, -0.05) is 47.1 Å². The molecule has 1 amide bonds. The number of hydrogen-bond acceptors (Lipinski definition) is 6. The molecule has 1 aromatic heterocycles.